The molecule has 0 bridgehead atoms. The van der Waals surface area contributed by atoms with Gasteiger partial charge in [-0.15, -0.1) is 0 Å². The van der Waals surface area contributed by atoms with Crippen molar-refractivity contribution in [1.82, 2.24) is 10.0 Å². The average Bonchev–Trinajstić information content (AvgIpc) is 3.74. The molecule has 0 aliphatic carbocycles. The van der Waals surface area contributed by atoms with Crippen molar-refractivity contribution in [3.8, 4) is 11.5 Å². The molecule has 0 fully saturated rings. The second-order valence-electron chi connectivity index (χ2n) is 9.33. The first-order valence-electron chi connectivity index (χ1n) is 12.7. The Bertz CT molecular complexity index is 1450. The summed E-state index contributed by atoms with van der Waals surface area (Å²) >= 11 is 0. The van der Waals surface area contributed by atoms with Crippen LogP contribution in [0.4, 0.5) is 0 Å². The van der Waals surface area contributed by atoms with E-state index in [9.17, 15) is 19.8 Å². The number of hydrogen-bond acceptors (Lipinski definition) is 8. The van der Waals surface area contributed by atoms with Crippen molar-refractivity contribution in [2.45, 2.75) is 38.8 Å². The topological polar surface area (TPSA) is 132 Å². The number of phenolic OH excluding ortho intramolecular Hbond substituents is 2. The first-order chi connectivity index (χ1) is 19.3. The van der Waals surface area contributed by atoms with Gasteiger partial charge in [-0.3, -0.25) is 9.59 Å². The van der Waals surface area contributed by atoms with Gasteiger partial charge in [0.15, 0.2) is 0 Å². The van der Waals surface area contributed by atoms with Crippen molar-refractivity contribution in [1.29, 1.82) is 0 Å². The monoisotopic (exact) mass is 603 g/mol. The second-order valence-corrected chi connectivity index (χ2v) is 9.33. The van der Waals surface area contributed by atoms with E-state index in [0.717, 1.165) is 0 Å². The van der Waals surface area contributed by atoms with Crippen molar-refractivity contribution < 1.29 is 45.7 Å². The van der Waals surface area contributed by atoms with E-state index in [4.69, 9.17) is 8.83 Å². The summed E-state index contributed by atoms with van der Waals surface area (Å²) in [5, 5.41) is 31.3. The van der Waals surface area contributed by atoms with E-state index in [1.54, 1.807) is 61.1 Å². The summed E-state index contributed by atoms with van der Waals surface area (Å²) in [7, 11) is 0. The van der Waals surface area contributed by atoms with Crippen LogP contribution in [0.2, 0.25) is 0 Å². The molecule has 1 radical (unpaired) electrons. The summed E-state index contributed by atoms with van der Waals surface area (Å²) in [6, 6.07) is 20.7. The van der Waals surface area contributed by atoms with Crippen LogP contribution in [0.15, 0.2) is 104 Å². The maximum Gasteiger partial charge on any atom is 0.240 e. The maximum atomic E-state index is 11.7. The fourth-order valence-corrected chi connectivity index (χ4v) is 4.77. The van der Waals surface area contributed by atoms with Gasteiger partial charge in [0.2, 0.25) is 11.8 Å². The molecule has 0 saturated carbocycles. The molecule has 2 unspecified atom stereocenters. The Morgan fingerprint density at radius 3 is 1.39 bits per heavy atom. The molecule has 6 rings (SSSR count). The molecular weight excluding hydrogens is 576 g/mol. The van der Waals surface area contributed by atoms with Crippen LogP contribution in [0.1, 0.15) is 61.4 Å². The van der Waals surface area contributed by atoms with Crippen LogP contribution in [0.5, 0.6) is 11.5 Å². The number of carbonyl (C=O) groups excluding carboxylic acids is 2. The standard InChI is InChI=1S/2C15H14N2O3.Cu/c2*1-10(18)17-13(15-7-4-8-20-15)9-12(16-17)11-5-2-3-6-14(11)19;/h2*2-8,13,19H,9H2,1H3;. The Labute approximate surface area is 247 Å². The van der Waals surface area contributed by atoms with Gasteiger partial charge in [-0.2, -0.15) is 10.2 Å². The number of benzene rings is 2. The third-order valence-electron chi connectivity index (χ3n) is 6.64. The number of phenols is 2. The summed E-state index contributed by atoms with van der Waals surface area (Å²) in [5.41, 5.74) is 2.65. The third kappa shape index (κ3) is 6.26. The normalized spacial score (nSPS) is 17.7. The zero-order valence-corrected chi connectivity index (χ0v) is 23.2. The number of para-hydroxylation sites is 2. The molecule has 2 N–H and O–H groups in total. The zero-order valence-electron chi connectivity index (χ0n) is 22.3. The average molecular weight is 604 g/mol. The maximum absolute atomic E-state index is 11.7. The van der Waals surface area contributed by atoms with Gasteiger partial charge < -0.3 is 19.0 Å². The Balaban J connectivity index is 0.000000184. The zero-order chi connectivity index (χ0) is 28.2. The summed E-state index contributed by atoms with van der Waals surface area (Å²) in [6.07, 6.45) is 4.19. The van der Waals surface area contributed by atoms with Gasteiger partial charge in [0.25, 0.3) is 0 Å². The molecule has 215 valence electrons. The molecule has 4 heterocycles. The number of hydrazone groups is 2. The predicted octanol–water partition coefficient (Wildman–Crippen LogP) is 5.36. The van der Waals surface area contributed by atoms with E-state index in [0.29, 0.717) is 46.9 Å². The van der Waals surface area contributed by atoms with Gasteiger partial charge in [-0.1, -0.05) is 24.3 Å². The number of furan rings is 2. The van der Waals surface area contributed by atoms with Crippen LogP contribution in [-0.4, -0.2) is 43.5 Å². The first-order valence-corrected chi connectivity index (χ1v) is 12.7. The quantitative estimate of drug-likeness (QED) is 0.302. The summed E-state index contributed by atoms with van der Waals surface area (Å²) < 4.78 is 10.8. The Kier molecular flexibility index (Phi) is 9.11. The van der Waals surface area contributed by atoms with E-state index in [2.05, 4.69) is 10.2 Å². The molecule has 41 heavy (non-hydrogen) atoms. The minimum Gasteiger partial charge on any atom is -0.507 e. The van der Waals surface area contributed by atoms with Gasteiger partial charge in [-0.05, 0) is 48.5 Å². The minimum atomic E-state index is -0.253. The molecule has 2 aromatic heterocycles. The van der Waals surface area contributed by atoms with Gasteiger partial charge in [0.05, 0.1) is 23.9 Å². The SMILES string of the molecule is CC(=O)N1N=C(c2ccccc2O)CC1c1ccco1.CC(=O)N1N=C(c2ccccc2O)CC1c1ccco1.[Cu]. The fourth-order valence-electron chi connectivity index (χ4n) is 4.77. The number of amides is 2. The third-order valence-corrected chi connectivity index (χ3v) is 6.64. The molecule has 2 aliphatic rings. The molecule has 0 saturated heterocycles. The number of hydrogen-bond donors (Lipinski definition) is 2. The molecule has 2 aliphatic heterocycles. The van der Waals surface area contributed by atoms with Crippen molar-refractivity contribution in [2.24, 2.45) is 10.2 Å². The summed E-state index contributed by atoms with van der Waals surface area (Å²) in [4.78, 5) is 23.5. The molecule has 11 heteroatoms. The molecule has 2 aromatic carbocycles. The summed E-state index contributed by atoms with van der Waals surface area (Å²) in [6.45, 7) is 2.93. The predicted molar refractivity (Wildman–Crippen MR) is 146 cm³/mol. The van der Waals surface area contributed by atoms with Crippen LogP contribution in [0.3, 0.4) is 0 Å². The smallest absolute Gasteiger partial charge is 0.240 e. The molecule has 2 atom stereocenters. The van der Waals surface area contributed by atoms with Crippen LogP contribution >= 0.6 is 0 Å². The molecular formula is C30H28CuN4O6. The van der Waals surface area contributed by atoms with Crippen molar-refractivity contribution in [3.63, 3.8) is 0 Å². The van der Waals surface area contributed by atoms with Crippen LogP contribution in [0, 0.1) is 0 Å². The Morgan fingerprint density at radius 2 is 1.07 bits per heavy atom. The number of nitrogens with zero attached hydrogens (tertiary/aromatic N) is 4. The van der Waals surface area contributed by atoms with Crippen LogP contribution in [-0.2, 0) is 26.7 Å². The van der Waals surface area contributed by atoms with Gasteiger partial charge in [0, 0.05) is 54.9 Å². The van der Waals surface area contributed by atoms with Gasteiger partial charge >= 0.3 is 0 Å². The molecule has 2 amide bonds. The number of rotatable bonds is 4. The number of carbonyl (C=O) groups is 2. The second kappa shape index (κ2) is 12.7. The fraction of sp³-hybridized carbons (Fsp3) is 0.200. The molecule has 0 spiro atoms. The Morgan fingerprint density at radius 1 is 0.683 bits per heavy atom. The minimum absolute atomic E-state index is 0. The van der Waals surface area contributed by atoms with Crippen LogP contribution in [0.25, 0.3) is 0 Å². The number of aromatic hydroxyl groups is 2. The van der Waals surface area contributed by atoms with Gasteiger partial charge in [-0.25, -0.2) is 10.0 Å². The first kappa shape index (κ1) is 29.4. The van der Waals surface area contributed by atoms with Crippen molar-refractivity contribution >= 4 is 23.2 Å². The van der Waals surface area contributed by atoms with E-state index in [-0.39, 0.29) is 52.5 Å². The van der Waals surface area contributed by atoms with E-state index < -0.39 is 0 Å². The molecule has 10 nitrogen and oxygen atoms in total. The van der Waals surface area contributed by atoms with E-state index in [1.165, 1.54) is 23.9 Å². The van der Waals surface area contributed by atoms with Crippen LogP contribution < -0.4 is 0 Å². The Hall–Kier alpha value is -4.60. The summed E-state index contributed by atoms with van der Waals surface area (Å²) in [5.74, 6) is 1.39. The molecule has 4 aromatic rings. The largest absolute Gasteiger partial charge is 0.507 e. The van der Waals surface area contributed by atoms with E-state index in [1.807, 2.05) is 24.3 Å². The van der Waals surface area contributed by atoms with Crippen molar-refractivity contribution in [2.75, 3.05) is 0 Å². The van der Waals surface area contributed by atoms with E-state index >= 15 is 0 Å². The van der Waals surface area contributed by atoms with Crippen molar-refractivity contribution in [3.05, 3.63) is 108 Å². The van der Waals surface area contributed by atoms with Gasteiger partial charge in [0.1, 0.15) is 35.1 Å².